The number of ether oxygens (including phenoxy) is 1. The Hall–Kier alpha value is -2.64. The number of nitrogen functional groups attached to an aromatic ring is 1. The van der Waals surface area contributed by atoms with E-state index in [0.717, 1.165) is 12.8 Å². The zero-order chi connectivity index (χ0) is 14.5. The van der Waals surface area contributed by atoms with Crippen LogP contribution in [0.1, 0.15) is 19.8 Å². The van der Waals surface area contributed by atoms with Gasteiger partial charge in [0.1, 0.15) is 0 Å². The number of furan rings is 1. The van der Waals surface area contributed by atoms with Crippen molar-refractivity contribution in [2.45, 2.75) is 19.8 Å². The summed E-state index contributed by atoms with van der Waals surface area (Å²) in [5.74, 6) is 0.00184. The highest BCUT2D eigenvalue weighted by atomic mass is 16.6. The van der Waals surface area contributed by atoms with Crippen molar-refractivity contribution in [1.29, 1.82) is 0 Å². The average Bonchev–Trinajstić information content (AvgIpc) is 2.91. The number of nitro groups is 1. The van der Waals surface area contributed by atoms with E-state index in [0.29, 0.717) is 6.61 Å². The summed E-state index contributed by atoms with van der Waals surface area (Å²) < 4.78 is 10.5. The van der Waals surface area contributed by atoms with Gasteiger partial charge in [0.2, 0.25) is 5.95 Å². The second-order valence-electron chi connectivity index (χ2n) is 4.02. The zero-order valence-electron chi connectivity index (χ0n) is 10.9. The van der Waals surface area contributed by atoms with Gasteiger partial charge in [-0.2, -0.15) is 4.98 Å². The first-order valence-corrected chi connectivity index (χ1v) is 6.12. The first-order chi connectivity index (χ1) is 9.63. The van der Waals surface area contributed by atoms with Gasteiger partial charge >= 0.3 is 5.69 Å². The monoisotopic (exact) mass is 278 g/mol. The molecule has 2 rings (SSSR count). The maximum atomic E-state index is 11.2. The Kier molecular flexibility index (Phi) is 4.14. The van der Waals surface area contributed by atoms with Gasteiger partial charge in [0.25, 0.3) is 5.88 Å². The van der Waals surface area contributed by atoms with Gasteiger partial charge in [-0.15, -0.1) is 0 Å². The summed E-state index contributed by atoms with van der Waals surface area (Å²) in [4.78, 5) is 18.3. The first kappa shape index (κ1) is 13.8. The van der Waals surface area contributed by atoms with Crippen molar-refractivity contribution in [2.24, 2.45) is 0 Å². The molecule has 2 heterocycles. The van der Waals surface area contributed by atoms with Gasteiger partial charge in [-0.05, 0) is 18.6 Å². The number of rotatable bonds is 6. The topological polar surface area (TPSA) is 117 Å². The van der Waals surface area contributed by atoms with Crippen molar-refractivity contribution in [1.82, 2.24) is 9.97 Å². The minimum atomic E-state index is -0.599. The average molecular weight is 278 g/mol. The molecule has 8 nitrogen and oxygen atoms in total. The summed E-state index contributed by atoms with van der Waals surface area (Å²) in [5.41, 5.74) is 5.24. The number of nitrogens with zero attached hydrogens (tertiary/aromatic N) is 3. The number of aromatic nitrogens is 2. The Morgan fingerprint density at radius 1 is 1.50 bits per heavy atom. The number of unbranched alkanes of at least 4 members (excludes halogenated alkanes) is 1. The molecule has 0 saturated heterocycles. The van der Waals surface area contributed by atoms with E-state index in [1.807, 2.05) is 6.92 Å². The lowest BCUT2D eigenvalue weighted by Crippen LogP contribution is -2.07. The van der Waals surface area contributed by atoms with Crippen LogP contribution in [0.2, 0.25) is 0 Å². The molecule has 8 heteroatoms. The molecule has 0 bridgehead atoms. The molecular weight excluding hydrogens is 264 g/mol. The molecule has 0 aliphatic heterocycles. The summed E-state index contributed by atoms with van der Waals surface area (Å²) in [6.45, 7) is 2.31. The number of anilines is 1. The lowest BCUT2D eigenvalue weighted by Gasteiger charge is -2.07. The molecule has 0 spiro atoms. The Bertz CT molecular complexity index is 598. The standard InChI is InChI=1S/C12H14N4O4/c1-2-3-6-20-11-10(16(17)18)9(14-12(13)15-11)8-5-4-7-19-8/h4-5,7H,2-3,6H2,1H3,(H2,13,14,15). The van der Waals surface area contributed by atoms with E-state index in [2.05, 4.69) is 9.97 Å². The third kappa shape index (κ3) is 2.85. The molecule has 0 aliphatic carbocycles. The van der Waals surface area contributed by atoms with Crippen molar-refractivity contribution in [3.05, 3.63) is 28.5 Å². The van der Waals surface area contributed by atoms with Crippen LogP contribution in [0.5, 0.6) is 5.88 Å². The fourth-order valence-electron chi connectivity index (χ4n) is 1.61. The molecule has 0 aliphatic rings. The van der Waals surface area contributed by atoms with Crippen LogP contribution in [-0.2, 0) is 0 Å². The molecule has 0 atom stereocenters. The predicted octanol–water partition coefficient (Wildman–Crippen LogP) is 2.41. The fourth-order valence-corrected chi connectivity index (χ4v) is 1.61. The van der Waals surface area contributed by atoms with Gasteiger partial charge in [0.05, 0.1) is 17.8 Å². The molecule has 0 radical (unpaired) electrons. The maximum Gasteiger partial charge on any atom is 0.360 e. The van der Waals surface area contributed by atoms with Crippen LogP contribution in [0.4, 0.5) is 11.6 Å². The van der Waals surface area contributed by atoms with Gasteiger partial charge in [0.15, 0.2) is 11.5 Å². The van der Waals surface area contributed by atoms with Gasteiger partial charge < -0.3 is 14.9 Å². The molecule has 0 aromatic carbocycles. The van der Waals surface area contributed by atoms with E-state index in [-0.39, 0.29) is 29.0 Å². The molecule has 2 N–H and O–H groups in total. The smallest absolute Gasteiger partial charge is 0.360 e. The second-order valence-corrected chi connectivity index (χ2v) is 4.02. The maximum absolute atomic E-state index is 11.2. The van der Waals surface area contributed by atoms with E-state index in [1.54, 1.807) is 12.1 Å². The third-order valence-electron chi connectivity index (χ3n) is 2.54. The van der Waals surface area contributed by atoms with Gasteiger partial charge in [-0.1, -0.05) is 13.3 Å². The van der Waals surface area contributed by atoms with Crippen molar-refractivity contribution >= 4 is 11.6 Å². The van der Waals surface area contributed by atoms with Crippen LogP contribution in [-0.4, -0.2) is 21.5 Å². The van der Waals surface area contributed by atoms with Crippen molar-refractivity contribution < 1.29 is 14.1 Å². The van der Waals surface area contributed by atoms with Crippen LogP contribution in [0.15, 0.2) is 22.8 Å². The van der Waals surface area contributed by atoms with E-state index < -0.39 is 4.92 Å². The molecule has 0 unspecified atom stereocenters. The van der Waals surface area contributed by atoms with E-state index in [1.165, 1.54) is 6.26 Å². The van der Waals surface area contributed by atoms with Crippen LogP contribution in [0.3, 0.4) is 0 Å². The van der Waals surface area contributed by atoms with Gasteiger partial charge in [-0.3, -0.25) is 10.1 Å². The Morgan fingerprint density at radius 3 is 2.90 bits per heavy atom. The third-order valence-corrected chi connectivity index (χ3v) is 2.54. The highest BCUT2D eigenvalue weighted by Gasteiger charge is 2.28. The highest BCUT2D eigenvalue weighted by Crippen LogP contribution is 2.35. The van der Waals surface area contributed by atoms with E-state index >= 15 is 0 Å². The summed E-state index contributed by atoms with van der Waals surface area (Å²) in [5, 5.41) is 11.2. The molecule has 106 valence electrons. The largest absolute Gasteiger partial charge is 0.473 e. The van der Waals surface area contributed by atoms with Crippen LogP contribution >= 0.6 is 0 Å². The van der Waals surface area contributed by atoms with Crippen molar-refractivity contribution in [3.63, 3.8) is 0 Å². The Morgan fingerprint density at radius 2 is 2.30 bits per heavy atom. The zero-order valence-corrected chi connectivity index (χ0v) is 10.9. The summed E-state index contributed by atoms with van der Waals surface area (Å²) >= 11 is 0. The Labute approximate surface area is 114 Å². The molecule has 2 aromatic rings. The summed E-state index contributed by atoms with van der Waals surface area (Å²) in [6, 6.07) is 3.17. The molecular formula is C12H14N4O4. The number of nitrogens with two attached hydrogens (primary N) is 1. The molecule has 2 aromatic heterocycles. The highest BCUT2D eigenvalue weighted by molar-refractivity contribution is 5.69. The number of hydrogen-bond acceptors (Lipinski definition) is 7. The fraction of sp³-hybridized carbons (Fsp3) is 0.333. The summed E-state index contributed by atoms with van der Waals surface area (Å²) in [6.07, 6.45) is 3.06. The lowest BCUT2D eigenvalue weighted by molar-refractivity contribution is -0.385. The van der Waals surface area contributed by atoms with Crippen LogP contribution in [0, 0.1) is 10.1 Å². The minimum Gasteiger partial charge on any atom is -0.473 e. The van der Waals surface area contributed by atoms with Crippen molar-refractivity contribution in [3.8, 4) is 17.3 Å². The second kappa shape index (κ2) is 6.00. The van der Waals surface area contributed by atoms with E-state index in [4.69, 9.17) is 14.9 Å². The molecule has 0 amide bonds. The van der Waals surface area contributed by atoms with Gasteiger partial charge in [0, 0.05) is 0 Å². The van der Waals surface area contributed by atoms with Crippen LogP contribution < -0.4 is 10.5 Å². The molecule has 0 saturated carbocycles. The summed E-state index contributed by atoms with van der Waals surface area (Å²) in [7, 11) is 0. The first-order valence-electron chi connectivity index (χ1n) is 6.12. The SMILES string of the molecule is CCCCOc1nc(N)nc(-c2ccco2)c1[N+](=O)[O-]. The normalized spacial score (nSPS) is 10.4. The number of hydrogen-bond donors (Lipinski definition) is 1. The van der Waals surface area contributed by atoms with Crippen LogP contribution in [0.25, 0.3) is 11.5 Å². The van der Waals surface area contributed by atoms with Crippen molar-refractivity contribution in [2.75, 3.05) is 12.3 Å². The van der Waals surface area contributed by atoms with Gasteiger partial charge in [-0.25, -0.2) is 4.98 Å². The minimum absolute atomic E-state index is 0.0130. The molecule has 20 heavy (non-hydrogen) atoms. The predicted molar refractivity (Wildman–Crippen MR) is 71.2 cm³/mol. The lowest BCUT2D eigenvalue weighted by atomic mass is 10.2. The molecule has 0 fully saturated rings. The quantitative estimate of drug-likeness (QED) is 0.489. The van der Waals surface area contributed by atoms with E-state index in [9.17, 15) is 10.1 Å². The Balaban J connectivity index is 2.48.